The number of allylic oxidation sites excluding steroid dienone is 4. The maximum Gasteiger partial charge on any atom is 0.326 e. The minimum absolute atomic E-state index is 0.177. The number of likely N-dealkylation sites (tertiary alicyclic amines) is 1. The number of nitrogens with one attached hydrogen (secondary N) is 1. The van der Waals surface area contributed by atoms with Crippen LogP contribution in [0.2, 0.25) is 0 Å². The number of rotatable bonds is 8. The molecule has 1 aromatic rings. The van der Waals surface area contributed by atoms with Gasteiger partial charge < -0.3 is 10.2 Å². The Labute approximate surface area is 238 Å². The number of aryl methyl sites for hydroxylation is 1. The first-order valence-electron chi connectivity index (χ1n) is 14.3. The highest BCUT2D eigenvalue weighted by Crippen LogP contribution is 2.37. The van der Waals surface area contributed by atoms with E-state index in [9.17, 15) is 18.4 Å². The van der Waals surface area contributed by atoms with Crippen LogP contribution in [0, 0.1) is 19.3 Å². The van der Waals surface area contributed by atoms with Crippen LogP contribution in [-0.2, 0) is 4.79 Å². The summed E-state index contributed by atoms with van der Waals surface area (Å²) in [6, 6.07) is 6.35. The number of terminal acetylenes is 1. The number of hydrogen-bond acceptors (Lipinski definition) is 2. The number of alkyl halides is 2. The lowest BCUT2D eigenvalue weighted by molar-refractivity contribution is -0.126. The summed E-state index contributed by atoms with van der Waals surface area (Å²) in [5.41, 5.74) is 1.71. The third-order valence-corrected chi connectivity index (χ3v) is 8.11. The molecule has 1 saturated heterocycles. The summed E-state index contributed by atoms with van der Waals surface area (Å²) in [6.45, 7) is 10.1. The Balaban J connectivity index is 2.22. The van der Waals surface area contributed by atoms with Crippen molar-refractivity contribution in [2.45, 2.75) is 103 Å². The molecular formula is C33H43F2N3O2. The van der Waals surface area contributed by atoms with E-state index in [-0.39, 0.29) is 37.8 Å². The summed E-state index contributed by atoms with van der Waals surface area (Å²) in [4.78, 5) is 32.2. The number of halogens is 2. The van der Waals surface area contributed by atoms with Crippen LogP contribution < -0.4 is 10.2 Å². The van der Waals surface area contributed by atoms with E-state index >= 15 is 0 Å². The highest BCUT2D eigenvalue weighted by Gasteiger charge is 2.49. The first-order chi connectivity index (χ1) is 19.0. The number of carbonyl (C=O) groups is 2. The van der Waals surface area contributed by atoms with E-state index in [1.54, 1.807) is 16.7 Å². The highest BCUT2D eigenvalue weighted by molar-refractivity contribution is 6.05. The zero-order chi connectivity index (χ0) is 29.5. The van der Waals surface area contributed by atoms with Crippen molar-refractivity contribution in [1.82, 2.24) is 10.2 Å². The van der Waals surface area contributed by atoms with Crippen LogP contribution in [0.4, 0.5) is 19.3 Å². The largest absolute Gasteiger partial charge is 0.351 e. The van der Waals surface area contributed by atoms with Crippen molar-refractivity contribution in [1.29, 1.82) is 0 Å². The summed E-state index contributed by atoms with van der Waals surface area (Å²) in [5.74, 6) is -0.390. The predicted octanol–water partition coefficient (Wildman–Crippen LogP) is 7.33. The van der Waals surface area contributed by atoms with Crippen LogP contribution in [0.15, 0.2) is 59.7 Å². The smallest absolute Gasteiger partial charge is 0.326 e. The van der Waals surface area contributed by atoms with E-state index < -0.39 is 23.4 Å². The standard InChI is InChI=1S/C33H43F2N3O2/c1-7-10-12-26(23-24(4)8-2)32(6,30(39)36-27-18-20-33(34,35)21-19-27)38(29-16-14-25(5)15-17-29)31(40)37-22-11-13-28(37)9-3/h3,7,10,12,14-17,23,27-28H,8,11,13,18-22H2,1-2,4-6H3,(H,36,39)/b10-7-,24-23+,26-12+. The molecule has 1 heterocycles. The minimum Gasteiger partial charge on any atom is -0.351 e. The Morgan fingerprint density at radius 3 is 2.45 bits per heavy atom. The molecule has 1 aliphatic carbocycles. The number of anilines is 1. The predicted molar refractivity (Wildman–Crippen MR) is 158 cm³/mol. The van der Waals surface area contributed by atoms with E-state index in [1.807, 2.05) is 76.3 Å². The quantitative estimate of drug-likeness (QED) is 0.272. The Hall–Kier alpha value is -3.40. The molecule has 1 saturated carbocycles. The van der Waals surface area contributed by atoms with E-state index in [0.29, 0.717) is 24.2 Å². The molecule has 2 atom stereocenters. The fraction of sp³-hybridized carbons (Fsp3) is 0.515. The van der Waals surface area contributed by atoms with Crippen LogP contribution in [0.3, 0.4) is 0 Å². The highest BCUT2D eigenvalue weighted by atomic mass is 19.3. The Morgan fingerprint density at radius 2 is 1.88 bits per heavy atom. The molecule has 2 aliphatic rings. The summed E-state index contributed by atoms with van der Waals surface area (Å²) >= 11 is 0. The molecule has 3 amide bonds. The van der Waals surface area contributed by atoms with Gasteiger partial charge in [0.2, 0.25) is 5.92 Å². The van der Waals surface area contributed by atoms with Gasteiger partial charge in [-0.1, -0.05) is 60.4 Å². The molecule has 1 N–H and O–H groups in total. The molecule has 5 nitrogen and oxygen atoms in total. The number of hydrogen-bond donors (Lipinski definition) is 1. The summed E-state index contributed by atoms with van der Waals surface area (Å²) < 4.78 is 27.8. The zero-order valence-corrected chi connectivity index (χ0v) is 24.5. The van der Waals surface area contributed by atoms with Crippen molar-refractivity contribution < 1.29 is 18.4 Å². The Kier molecular flexibility index (Phi) is 10.4. The van der Waals surface area contributed by atoms with Crippen LogP contribution in [-0.4, -0.2) is 46.9 Å². The van der Waals surface area contributed by atoms with Gasteiger partial charge in [-0.25, -0.2) is 13.6 Å². The fourth-order valence-electron chi connectivity index (χ4n) is 5.34. The minimum atomic E-state index is -2.72. The maximum atomic E-state index is 14.5. The second kappa shape index (κ2) is 13.3. The van der Waals surface area contributed by atoms with Gasteiger partial charge in [0, 0.05) is 31.1 Å². The van der Waals surface area contributed by atoms with Gasteiger partial charge in [0.1, 0.15) is 0 Å². The lowest BCUT2D eigenvalue weighted by atomic mass is 9.84. The lowest BCUT2D eigenvalue weighted by Gasteiger charge is -2.44. The molecule has 216 valence electrons. The molecule has 3 rings (SSSR count). The van der Waals surface area contributed by atoms with E-state index in [2.05, 4.69) is 11.2 Å². The first-order valence-corrected chi connectivity index (χ1v) is 14.3. The van der Waals surface area contributed by atoms with Crippen LogP contribution in [0.25, 0.3) is 0 Å². The molecule has 0 spiro atoms. The Bertz CT molecular complexity index is 1190. The third-order valence-electron chi connectivity index (χ3n) is 8.11. The second-order valence-electron chi connectivity index (χ2n) is 11.1. The van der Waals surface area contributed by atoms with Gasteiger partial charge in [0.15, 0.2) is 5.54 Å². The number of nitrogens with zero attached hydrogens (tertiary/aromatic N) is 2. The van der Waals surface area contributed by atoms with E-state index in [4.69, 9.17) is 6.42 Å². The van der Waals surface area contributed by atoms with Crippen molar-refractivity contribution >= 4 is 17.6 Å². The number of urea groups is 1. The normalized spacial score (nSPS) is 21.6. The molecule has 7 heteroatoms. The third kappa shape index (κ3) is 7.02. The first kappa shape index (κ1) is 31.1. The van der Waals surface area contributed by atoms with Crippen molar-refractivity contribution in [3.05, 3.63) is 65.3 Å². The fourth-order valence-corrected chi connectivity index (χ4v) is 5.34. The summed E-state index contributed by atoms with van der Waals surface area (Å²) in [6.07, 6.45) is 15.4. The second-order valence-corrected chi connectivity index (χ2v) is 11.1. The van der Waals surface area contributed by atoms with Gasteiger partial charge >= 0.3 is 6.03 Å². The number of amides is 3. The molecule has 0 bridgehead atoms. The van der Waals surface area contributed by atoms with Gasteiger partial charge in [-0.15, -0.1) is 6.42 Å². The monoisotopic (exact) mass is 551 g/mol. The van der Waals surface area contributed by atoms with Crippen LogP contribution >= 0.6 is 0 Å². The van der Waals surface area contributed by atoms with Gasteiger partial charge in [-0.2, -0.15) is 0 Å². The van der Waals surface area contributed by atoms with Gasteiger partial charge in [0.25, 0.3) is 5.91 Å². The van der Waals surface area contributed by atoms with E-state index in [1.165, 1.54) is 0 Å². The molecular weight excluding hydrogens is 508 g/mol. The Morgan fingerprint density at radius 1 is 1.23 bits per heavy atom. The van der Waals surface area contributed by atoms with E-state index in [0.717, 1.165) is 24.0 Å². The van der Waals surface area contributed by atoms with Crippen LogP contribution in [0.5, 0.6) is 0 Å². The number of carbonyl (C=O) groups excluding carboxylic acids is 2. The summed E-state index contributed by atoms with van der Waals surface area (Å²) in [5, 5.41) is 3.06. The van der Waals surface area contributed by atoms with Crippen molar-refractivity contribution in [2.24, 2.45) is 0 Å². The van der Waals surface area contributed by atoms with Crippen molar-refractivity contribution in [2.75, 3.05) is 11.4 Å². The maximum absolute atomic E-state index is 14.5. The van der Waals surface area contributed by atoms with Crippen molar-refractivity contribution in [3.8, 4) is 12.3 Å². The van der Waals surface area contributed by atoms with Gasteiger partial charge in [-0.05, 0) is 77.5 Å². The number of benzene rings is 1. The molecule has 2 unspecified atom stereocenters. The average molecular weight is 552 g/mol. The van der Waals surface area contributed by atoms with Gasteiger partial charge in [0.05, 0.1) is 6.04 Å². The van der Waals surface area contributed by atoms with Crippen LogP contribution in [0.1, 0.15) is 78.2 Å². The zero-order valence-electron chi connectivity index (χ0n) is 24.5. The molecule has 40 heavy (non-hydrogen) atoms. The summed E-state index contributed by atoms with van der Waals surface area (Å²) in [7, 11) is 0. The van der Waals surface area contributed by atoms with Gasteiger partial charge in [-0.3, -0.25) is 9.69 Å². The molecule has 0 aromatic heterocycles. The topological polar surface area (TPSA) is 52.7 Å². The van der Waals surface area contributed by atoms with Crippen molar-refractivity contribution in [3.63, 3.8) is 0 Å². The SMILES string of the molecule is C#CC1CCCN1C(=O)N(c1ccc(C)cc1)C(C)(C(=O)NC1CCC(F)(F)CC1)C(/C=C(\C)CC)=C/C=C\C. The molecule has 1 aliphatic heterocycles. The molecule has 0 radical (unpaired) electrons. The molecule has 1 aromatic carbocycles. The lowest BCUT2D eigenvalue weighted by Crippen LogP contribution is -2.64. The molecule has 2 fully saturated rings. The average Bonchev–Trinajstić information content (AvgIpc) is 3.42.